The van der Waals surface area contributed by atoms with Gasteiger partial charge in [0.25, 0.3) is 5.56 Å². The number of nitrogens with one attached hydrogen (secondary N) is 1. The standard InChI is InChI=1S/C11H7F3N2O/c12-11(13,14)8-4-2-1-3-7(8)9-5-10(17)16-6-15-9/h1-6H,(H,15,16,17). The third kappa shape index (κ3) is 2.35. The van der Waals surface area contributed by atoms with Crippen LogP contribution in [0.1, 0.15) is 5.56 Å². The van der Waals surface area contributed by atoms with Crippen molar-refractivity contribution in [3.63, 3.8) is 0 Å². The first kappa shape index (κ1) is 11.4. The molecule has 6 heteroatoms. The molecular weight excluding hydrogens is 233 g/mol. The quantitative estimate of drug-likeness (QED) is 0.832. The zero-order valence-corrected chi connectivity index (χ0v) is 8.45. The van der Waals surface area contributed by atoms with Crippen molar-refractivity contribution in [3.05, 3.63) is 52.6 Å². The number of halogens is 3. The van der Waals surface area contributed by atoms with Gasteiger partial charge in [-0.2, -0.15) is 13.2 Å². The second-order valence-corrected chi connectivity index (χ2v) is 3.34. The van der Waals surface area contributed by atoms with Crippen LogP contribution < -0.4 is 5.56 Å². The number of aromatic nitrogens is 2. The third-order valence-electron chi connectivity index (χ3n) is 2.19. The molecule has 0 aliphatic carbocycles. The highest BCUT2D eigenvalue weighted by Crippen LogP contribution is 2.35. The minimum Gasteiger partial charge on any atom is -0.313 e. The fraction of sp³-hybridized carbons (Fsp3) is 0.0909. The van der Waals surface area contributed by atoms with E-state index in [0.717, 1.165) is 18.5 Å². The molecule has 1 N–H and O–H groups in total. The Morgan fingerprint density at radius 2 is 1.88 bits per heavy atom. The molecule has 0 aliphatic rings. The molecule has 1 heterocycles. The van der Waals surface area contributed by atoms with Crippen LogP contribution in [0.4, 0.5) is 13.2 Å². The number of hydrogen-bond donors (Lipinski definition) is 1. The molecule has 17 heavy (non-hydrogen) atoms. The number of aromatic amines is 1. The molecule has 0 fully saturated rings. The van der Waals surface area contributed by atoms with Gasteiger partial charge in [-0.15, -0.1) is 0 Å². The number of hydrogen-bond acceptors (Lipinski definition) is 2. The van der Waals surface area contributed by atoms with Gasteiger partial charge in [0.15, 0.2) is 0 Å². The van der Waals surface area contributed by atoms with Gasteiger partial charge in [-0.3, -0.25) is 4.79 Å². The van der Waals surface area contributed by atoms with Crippen LogP contribution in [0.5, 0.6) is 0 Å². The van der Waals surface area contributed by atoms with E-state index < -0.39 is 17.3 Å². The largest absolute Gasteiger partial charge is 0.417 e. The maximum absolute atomic E-state index is 12.7. The number of nitrogens with zero attached hydrogens (tertiary/aromatic N) is 1. The molecule has 2 rings (SSSR count). The van der Waals surface area contributed by atoms with E-state index in [9.17, 15) is 18.0 Å². The fourth-order valence-electron chi connectivity index (χ4n) is 1.47. The van der Waals surface area contributed by atoms with Crippen LogP contribution in [0.25, 0.3) is 11.3 Å². The van der Waals surface area contributed by atoms with Crippen LogP contribution in [0.15, 0.2) is 41.5 Å². The Hall–Kier alpha value is -2.11. The summed E-state index contributed by atoms with van der Waals surface area (Å²) < 4.78 is 38.2. The van der Waals surface area contributed by atoms with E-state index in [-0.39, 0.29) is 11.3 Å². The van der Waals surface area contributed by atoms with Crippen molar-refractivity contribution in [3.8, 4) is 11.3 Å². The highest BCUT2D eigenvalue weighted by Gasteiger charge is 2.33. The van der Waals surface area contributed by atoms with E-state index in [1.165, 1.54) is 18.2 Å². The number of H-pyrrole nitrogens is 1. The zero-order chi connectivity index (χ0) is 12.5. The monoisotopic (exact) mass is 240 g/mol. The SMILES string of the molecule is O=c1cc(-c2ccccc2C(F)(F)F)nc[nH]1. The number of alkyl halides is 3. The Morgan fingerprint density at radius 3 is 2.53 bits per heavy atom. The van der Waals surface area contributed by atoms with Crippen molar-refractivity contribution < 1.29 is 13.2 Å². The molecule has 1 aromatic carbocycles. The number of rotatable bonds is 1. The van der Waals surface area contributed by atoms with Gasteiger partial charge in [-0.25, -0.2) is 4.98 Å². The van der Waals surface area contributed by atoms with Crippen LogP contribution in [-0.4, -0.2) is 9.97 Å². The molecule has 0 radical (unpaired) electrons. The predicted molar refractivity (Wildman–Crippen MR) is 55.3 cm³/mol. The molecule has 0 saturated heterocycles. The lowest BCUT2D eigenvalue weighted by molar-refractivity contribution is -0.137. The summed E-state index contributed by atoms with van der Waals surface area (Å²) in [5.74, 6) is 0. The van der Waals surface area contributed by atoms with Crippen LogP contribution in [0.2, 0.25) is 0 Å². The van der Waals surface area contributed by atoms with E-state index in [1.54, 1.807) is 0 Å². The summed E-state index contributed by atoms with van der Waals surface area (Å²) in [5, 5.41) is 0. The molecule has 3 nitrogen and oxygen atoms in total. The Kier molecular flexibility index (Phi) is 2.71. The Bertz CT molecular complexity index is 590. The van der Waals surface area contributed by atoms with Gasteiger partial charge in [0, 0.05) is 11.6 Å². The number of benzene rings is 1. The van der Waals surface area contributed by atoms with Gasteiger partial charge in [0.1, 0.15) is 0 Å². The van der Waals surface area contributed by atoms with Crippen molar-refractivity contribution in [2.75, 3.05) is 0 Å². The Balaban J connectivity index is 2.64. The van der Waals surface area contributed by atoms with E-state index in [1.807, 2.05) is 0 Å². The summed E-state index contributed by atoms with van der Waals surface area (Å²) in [4.78, 5) is 17.0. The molecule has 0 unspecified atom stereocenters. The smallest absolute Gasteiger partial charge is 0.313 e. The molecule has 0 saturated carbocycles. The van der Waals surface area contributed by atoms with Gasteiger partial charge in [-0.1, -0.05) is 18.2 Å². The second-order valence-electron chi connectivity index (χ2n) is 3.34. The van der Waals surface area contributed by atoms with E-state index in [4.69, 9.17) is 0 Å². The molecular formula is C11H7F3N2O. The molecule has 2 aromatic rings. The molecule has 1 aromatic heterocycles. The highest BCUT2D eigenvalue weighted by molar-refractivity contribution is 5.63. The molecule has 0 aliphatic heterocycles. The van der Waals surface area contributed by atoms with Gasteiger partial charge in [0.05, 0.1) is 17.6 Å². The van der Waals surface area contributed by atoms with Crippen LogP contribution >= 0.6 is 0 Å². The van der Waals surface area contributed by atoms with Crippen molar-refractivity contribution in [2.24, 2.45) is 0 Å². The summed E-state index contributed by atoms with van der Waals surface area (Å²) in [6.07, 6.45) is -3.40. The topological polar surface area (TPSA) is 45.8 Å². The zero-order valence-electron chi connectivity index (χ0n) is 8.45. The van der Waals surface area contributed by atoms with Crippen molar-refractivity contribution in [1.29, 1.82) is 0 Å². The Labute approximate surface area is 94.0 Å². The third-order valence-corrected chi connectivity index (χ3v) is 2.19. The van der Waals surface area contributed by atoms with Crippen molar-refractivity contribution in [1.82, 2.24) is 9.97 Å². The summed E-state index contributed by atoms with van der Waals surface area (Å²) in [5.41, 5.74) is -1.40. The maximum Gasteiger partial charge on any atom is 0.417 e. The first-order valence-electron chi connectivity index (χ1n) is 4.70. The van der Waals surface area contributed by atoms with Gasteiger partial charge >= 0.3 is 6.18 Å². The average Bonchev–Trinajstić information content (AvgIpc) is 2.28. The predicted octanol–water partition coefficient (Wildman–Crippen LogP) is 2.46. The van der Waals surface area contributed by atoms with Crippen molar-refractivity contribution in [2.45, 2.75) is 6.18 Å². The highest BCUT2D eigenvalue weighted by atomic mass is 19.4. The molecule has 0 bridgehead atoms. The summed E-state index contributed by atoms with van der Waals surface area (Å²) in [6, 6.07) is 6.03. The minimum atomic E-state index is -4.47. The Morgan fingerprint density at radius 1 is 1.18 bits per heavy atom. The average molecular weight is 240 g/mol. The van der Waals surface area contributed by atoms with E-state index in [2.05, 4.69) is 9.97 Å². The van der Waals surface area contributed by atoms with Crippen LogP contribution in [0.3, 0.4) is 0 Å². The van der Waals surface area contributed by atoms with E-state index >= 15 is 0 Å². The first-order chi connectivity index (χ1) is 7.98. The molecule has 0 amide bonds. The van der Waals surface area contributed by atoms with Crippen LogP contribution in [0, 0.1) is 0 Å². The molecule has 0 atom stereocenters. The molecule has 88 valence electrons. The lowest BCUT2D eigenvalue weighted by Crippen LogP contribution is -2.09. The summed E-state index contributed by atoms with van der Waals surface area (Å²) in [7, 11) is 0. The van der Waals surface area contributed by atoms with Gasteiger partial charge in [-0.05, 0) is 6.07 Å². The molecule has 0 spiro atoms. The van der Waals surface area contributed by atoms with E-state index in [0.29, 0.717) is 0 Å². The fourth-order valence-corrected chi connectivity index (χ4v) is 1.47. The summed E-state index contributed by atoms with van der Waals surface area (Å²) in [6.45, 7) is 0. The first-order valence-corrected chi connectivity index (χ1v) is 4.70. The summed E-state index contributed by atoms with van der Waals surface area (Å²) >= 11 is 0. The van der Waals surface area contributed by atoms with Gasteiger partial charge < -0.3 is 4.98 Å². The lowest BCUT2D eigenvalue weighted by atomic mass is 10.0. The maximum atomic E-state index is 12.7. The normalized spacial score (nSPS) is 11.5. The second kappa shape index (κ2) is 4.04. The lowest BCUT2D eigenvalue weighted by Gasteiger charge is -2.11. The van der Waals surface area contributed by atoms with Crippen molar-refractivity contribution >= 4 is 0 Å². The minimum absolute atomic E-state index is 0.00155. The van der Waals surface area contributed by atoms with Gasteiger partial charge in [0.2, 0.25) is 0 Å². The van der Waals surface area contributed by atoms with Crippen LogP contribution in [-0.2, 0) is 6.18 Å².